The Balaban J connectivity index is 2.00. The lowest BCUT2D eigenvalue weighted by atomic mass is 10.1. The Kier molecular flexibility index (Phi) is 4.51. The lowest BCUT2D eigenvalue weighted by Crippen LogP contribution is -1.98. The molecule has 0 radical (unpaired) electrons. The number of hydrogen-bond donors (Lipinski definition) is 0. The molecule has 1 aromatic carbocycles. The molecule has 0 aliphatic rings. The van der Waals surface area contributed by atoms with Crippen molar-refractivity contribution in [3.63, 3.8) is 0 Å². The number of benzene rings is 1. The van der Waals surface area contributed by atoms with Crippen molar-refractivity contribution < 1.29 is 0 Å². The number of hydrogen-bond acceptors (Lipinski definition) is 2. The molecule has 0 saturated carbocycles. The molecule has 0 aliphatic carbocycles. The van der Waals surface area contributed by atoms with E-state index in [9.17, 15) is 0 Å². The zero-order chi connectivity index (χ0) is 12.8. The highest BCUT2D eigenvalue weighted by Gasteiger charge is 2.05. The lowest BCUT2D eigenvalue weighted by Gasteiger charge is -2.00. The maximum atomic E-state index is 4.26. The summed E-state index contributed by atoms with van der Waals surface area (Å²) in [7, 11) is 0. The van der Waals surface area contributed by atoms with Crippen molar-refractivity contribution in [3.8, 4) is 11.3 Å². The van der Waals surface area contributed by atoms with Crippen molar-refractivity contribution in [1.82, 2.24) is 15.0 Å². The van der Waals surface area contributed by atoms with Gasteiger partial charge in [-0.05, 0) is 18.9 Å². The number of aryl methyl sites for hydroxylation is 2. The van der Waals surface area contributed by atoms with Crippen LogP contribution < -0.4 is 0 Å². The van der Waals surface area contributed by atoms with Crippen molar-refractivity contribution in [2.24, 2.45) is 0 Å². The molecule has 1 aromatic heterocycles. The molecule has 0 N–H and O–H groups in total. The van der Waals surface area contributed by atoms with E-state index in [0.29, 0.717) is 0 Å². The molecule has 0 amide bonds. The maximum Gasteiger partial charge on any atom is 0.113 e. The summed E-state index contributed by atoms with van der Waals surface area (Å²) in [5.41, 5.74) is 3.40. The van der Waals surface area contributed by atoms with E-state index < -0.39 is 0 Å². The molecule has 0 unspecified atom stereocenters. The van der Waals surface area contributed by atoms with Gasteiger partial charge in [0.2, 0.25) is 0 Å². The fourth-order valence-corrected chi connectivity index (χ4v) is 2.09. The van der Waals surface area contributed by atoms with Gasteiger partial charge in [0.1, 0.15) is 5.69 Å². The molecular weight excluding hydrogens is 222 g/mol. The average molecular weight is 243 g/mol. The van der Waals surface area contributed by atoms with Crippen LogP contribution in [0.1, 0.15) is 38.2 Å². The predicted octanol–water partition coefficient (Wildman–Crippen LogP) is 3.83. The second kappa shape index (κ2) is 6.34. The van der Waals surface area contributed by atoms with Crippen LogP contribution in [0.15, 0.2) is 30.5 Å². The standard InChI is InChI=1S/C15H21N3/c1-3-4-5-8-11-18-12-15(16-17-18)14-10-7-6-9-13(14)2/h6-7,9-10,12H,3-5,8,11H2,1-2H3. The van der Waals surface area contributed by atoms with Gasteiger partial charge in [-0.15, -0.1) is 5.10 Å². The van der Waals surface area contributed by atoms with Gasteiger partial charge < -0.3 is 0 Å². The molecular formula is C15H21N3. The largest absolute Gasteiger partial charge is 0.252 e. The van der Waals surface area contributed by atoms with Gasteiger partial charge in [0.15, 0.2) is 0 Å². The summed E-state index contributed by atoms with van der Waals surface area (Å²) in [6.45, 7) is 5.31. The van der Waals surface area contributed by atoms with Gasteiger partial charge in [-0.3, -0.25) is 4.68 Å². The van der Waals surface area contributed by atoms with Gasteiger partial charge in [-0.1, -0.05) is 55.7 Å². The van der Waals surface area contributed by atoms with Gasteiger partial charge in [-0.25, -0.2) is 0 Å². The Morgan fingerprint density at radius 3 is 2.72 bits per heavy atom. The second-order valence-electron chi connectivity index (χ2n) is 4.74. The Labute approximate surface area is 109 Å². The third-order valence-electron chi connectivity index (χ3n) is 3.20. The SMILES string of the molecule is CCCCCCn1cc(-c2ccccc2C)nn1. The van der Waals surface area contributed by atoms with E-state index in [2.05, 4.69) is 36.3 Å². The molecule has 96 valence electrons. The van der Waals surface area contributed by atoms with Crippen LogP contribution in [-0.2, 0) is 6.54 Å². The molecule has 18 heavy (non-hydrogen) atoms. The Hall–Kier alpha value is -1.64. The number of unbranched alkanes of at least 4 members (excludes halogenated alkanes) is 3. The smallest absolute Gasteiger partial charge is 0.113 e. The van der Waals surface area contributed by atoms with Crippen LogP contribution in [-0.4, -0.2) is 15.0 Å². The first-order valence-electron chi connectivity index (χ1n) is 6.77. The Morgan fingerprint density at radius 2 is 1.94 bits per heavy atom. The van der Waals surface area contributed by atoms with Gasteiger partial charge >= 0.3 is 0 Å². The van der Waals surface area contributed by atoms with Crippen molar-refractivity contribution in [2.75, 3.05) is 0 Å². The summed E-state index contributed by atoms with van der Waals surface area (Å²) in [4.78, 5) is 0. The van der Waals surface area contributed by atoms with Crippen molar-refractivity contribution >= 4 is 0 Å². The predicted molar refractivity (Wildman–Crippen MR) is 74.3 cm³/mol. The zero-order valence-corrected chi connectivity index (χ0v) is 11.3. The van der Waals surface area contributed by atoms with Gasteiger partial charge in [0, 0.05) is 12.1 Å². The molecule has 0 atom stereocenters. The second-order valence-corrected chi connectivity index (χ2v) is 4.74. The first-order chi connectivity index (χ1) is 8.81. The van der Waals surface area contributed by atoms with E-state index in [4.69, 9.17) is 0 Å². The van der Waals surface area contributed by atoms with Crippen LogP contribution in [0.3, 0.4) is 0 Å². The molecule has 0 spiro atoms. The Morgan fingerprint density at radius 1 is 1.11 bits per heavy atom. The van der Waals surface area contributed by atoms with Crippen LogP contribution in [0.25, 0.3) is 11.3 Å². The third-order valence-corrected chi connectivity index (χ3v) is 3.20. The minimum atomic E-state index is 0.971. The maximum absolute atomic E-state index is 4.26. The molecule has 0 fully saturated rings. The summed E-state index contributed by atoms with van der Waals surface area (Å²) in [5.74, 6) is 0. The van der Waals surface area contributed by atoms with Crippen molar-refractivity contribution in [3.05, 3.63) is 36.0 Å². The quantitative estimate of drug-likeness (QED) is 0.722. The first kappa shape index (κ1) is 12.8. The minimum Gasteiger partial charge on any atom is -0.252 e. The minimum absolute atomic E-state index is 0.971. The van der Waals surface area contributed by atoms with E-state index in [1.807, 2.05) is 23.0 Å². The molecule has 2 rings (SSSR count). The van der Waals surface area contributed by atoms with E-state index in [1.165, 1.54) is 36.8 Å². The van der Waals surface area contributed by atoms with Crippen LogP contribution in [0.2, 0.25) is 0 Å². The van der Waals surface area contributed by atoms with E-state index in [1.54, 1.807) is 0 Å². The lowest BCUT2D eigenvalue weighted by molar-refractivity contribution is 0.527. The number of aromatic nitrogens is 3. The van der Waals surface area contributed by atoms with Crippen LogP contribution >= 0.6 is 0 Å². The highest BCUT2D eigenvalue weighted by atomic mass is 15.4. The van der Waals surface area contributed by atoms with Crippen LogP contribution in [0.4, 0.5) is 0 Å². The van der Waals surface area contributed by atoms with Crippen LogP contribution in [0.5, 0.6) is 0 Å². The molecule has 0 saturated heterocycles. The van der Waals surface area contributed by atoms with Gasteiger partial charge in [0.25, 0.3) is 0 Å². The highest BCUT2D eigenvalue weighted by molar-refractivity contribution is 5.61. The number of rotatable bonds is 6. The van der Waals surface area contributed by atoms with Crippen LogP contribution in [0, 0.1) is 6.92 Å². The molecule has 3 heteroatoms. The summed E-state index contributed by atoms with van der Waals surface area (Å²) >= 11 is 0. The summed E-state index contributed by atoms with van der Waals surface area (Å²) < 4.78 is 1.96. The fourth-order valence-electron chi connectivity index (χ4n) is 2.09. The summed E-state index contributed by atoms with van der Waals surface area (Å²) in [6.07, 6.45) is 7.08. The van der Waals surface area contributed by atoms with E-state index in [-0.39, 0.29) is 0 Å². The molecule has 2 aromatic rings. The average Bonchev–Trinajstić information content (AvgIpc) is 2.84. The van der Waals surface area contributed by atoms with E-state index >= 15 is 0 Å². The monoisotopic (exact) mass is 243 g/mol. The van der Waals surface area contributed by atoms with E-state index in [0.717, 1.165) is 12.2 Å². The van der Waals surface area contributed by atoms with Gasteiger partial charge in [-0.2, -0.15) is 0 Å². The highest BCUT2D eigenvalue weighted by Crippen LogP contribution is 2.20. The third kappa shape index (κ3) is 3.19. The summed E-state index contributed by atoms with van der Waals surface area (Å²) in [6, 6.07) is 8.30. The number of nitrogens with zero attached hydrogens (tertiary/aromatic N) is 3. The first-order valence-corrected chi connectivity index (χ1v) is 6.77. The normalized spacial score (nSPS) is 10.8. The van der Waals surface area contributed by atoms with Gasteiger partial charge in [0.05, 0.1) is 6.20 Å². The Bertz CT molecular complexity index is 488. The molecule has 3 nitrogen and oxygen atoms in total. The molecule has 0 bridgehead atoms. The van der Waals surface area contributed by atoms with Crippen molar-refractivity contribution in [1.29, 1.82) is 0 Å². The fraction of sp³-hybridized carbons (Fsp3) is 0.467. The zero-order valence-electron chi connectivity index (χ0n) is 11.3. The molecule has 0 aliphatic heterocycles. The molecule has 1 heterocycles. The van der Waals surface area contributed by atoms with Crippen molar-refractivity contribution in [2.45, 2.75) is 46.1 Å². The topological polar surface area (TPSA) is 30.7 Å². The summed E-state index contributed by atoms with van der Waals surface area (Å²) in [5, 5.41) is 8.46.